The van der Waals surface area contributed by atoms with Crippen LogP contribution in [-0.2, 0) is 28.9 Å². The maximum Gasteiger partial charge on any atom is 0.330 e. The summed E-state index contributed by atoms with van der Waals surface area (Å²) in [5.74, 6) is -1.40. The minimum Gasteiger partial charge on any atom is -0.480 e. The van der Waals surface area contributed by atoms with Crippen LogP contribution in [0.4, 0.5) is 0 Å². The smallest absolute Gasteiger partial charge is 0.330 e. The summed E-state index contributed by atoms with van der Waals surface area (Å²) in [5, 5.41) is 9.09. The molecule has 0 fully saturated rings. The van der Waals surface area contributed by atoms with E-state index in [2.05, 4.69) is 0 Å². The van der Waals surface area contributed by atoms with Crippen molar-refractivity contribution in [1.82, 2.24) is 13.9 Å². The molecule has 22 heavy (non-hydrogen) atoms. The number of hydrogen-bond acceptors (Lipinski definition) is 5. The number of hydrogen-bond donors (Lipinski definition) is 2. The third-order valence-corrected chi connectivity index (χ3v) is 4.46. The summed E-state index contributed by atoms with van der Waals surface area (Å²) in [6.45, 7) is 3.49. The molecule has 124 valence electrons. The van der Waals surface area contributed by atoms with Gasteiger partial charge in [-0.25, -0.2) is 13.2 Å². The first-order chi connectivity index (χ1) is 9.97. The Bertz CT molecular complexity index is 790. The van der Waals surface area contributed by atoms with E-state index in [-0.39, 0.29) is 12.3 Å². The summed E-state index contributed by atoms with van der Waals surface area (Å²) in [5.41, 5.74) is -1.69. The van der Waals surface area contributed by atoms with Crippen LogP contribution < -0.4 is 16.0 Å². The van der Waals surface area contributed by atoms with Crippen LogP contribution in [0.1, 0.15) is 20.3 Å². The molecule has 1 rings (SSSR count). The van der Waals surface area contributed by atoms with Crippen molar-refractivity contribution in [1.29, 1.82) is 0 Å². The summed E-state index contributed by atoms with van der Waals surface area (Å²) in [6, 6.07) is -1.35. The van der Waals surface area contributed by atoms with Gasteiger partial charge in [-0.15, -0.1) is 0 Å². The molecular weight excluding hydrogens is 314 g/mol. The molecule has 0 spiro atoms. The molecule has 0 radical (unpaired) electrons. The summed E-state index contributed by atoms with van der Waals surface area (Å²) in [6.07, 6.45) is 0.946. The number of rotatable bonds is 6. The molecule has 0 bridgehead atoms. The molecular formula is C12H19N3O6S. The Morgan fingerprint density at radius 2 is 1.86 bits per heavy atom. The Morgan fingerprint density at radius 1 is 1.32 bits per heavy atom. The van der Waals surface area contributed by atoms with E-state index in [0.29, 0.717) is 4.57 Å². The predicted molar refractivity (Wildman–Crippen MR) is 78.1 cm³/mol. The van der Waals surface area contributed by atoms with Crippen LogP contribution in [0.3, 0.4) is 0 Å². The van der Waals surface area contributed by atoms with E-state index >= 15 is 0 Å². The van der Waals surface area contributed by atoms with E-state index < -0.39 is 38.2 Å². The van der Waals surface area contributed by atoms with Gasteiger partial charge in [0.15, 0.2) is 4.90 Å². The van der Waals surface area contributed by atoms with Crippen LogP contribution in [-0.4, -0.2) is 34.7 Å². The van der Waals surface area contributed by atoms with Crippen molar-refractivity contribution in [2.24, 2.45) is 20.0 Å². The second kappa shape index (κ2) is 6.44. The van der Waals surface area contributed by atoms with E-state index in [9.17, 15) is 22.8 Å². The molecule has 0 aliphatic carbocycles. The average molecular weight is 333 g/mol. The van der Waals surface area contributed by atoms with E-state index in [1.54, 1.807) is 13.8 Å². The van der Waals surface area contributed by atoms with Gasteiger partial charge in [0.1, 0.15) is 6.04 Å². The third kappa shape index (κ3) is 3.83. The van der Waals surface area contributed by atoms with Crippen molar-refractivity contribution in [2.45, 2.75) is 31.2 Å². The lowest BCUT2D eigenvalue weighted by Gasteiger charge is -2.16. The standard InChI is InChI=1S/C12H19N3O6S/c1-7(2)5-8(11(17)18)13-22(20,21)9-6-14(3)12(19)15(4)10(9)16/h6-8,13H,5H2,1-4H3,(H,17,18)/t8-/m0/s1. The van der Waals surface area contributed by atoms with Crippen LogP contribution >= 0.6 is 0 Å². The average Bonchev–Trinajstić information content (AvgIpc) is 2.38. The van der Waals surface area contributed by atoms with Gasteiger partial charge in [-0.2, -0.15) is 4.72 Å². The number of carbonyl (C=O) groups is 1. The Morgan fingerprint density at radius 3 is 2.32 bits per heavy atom. The molecule has 1 aromatic rings. The third-order valence-electron chi connectivity index (χ3n) is 3.01. The van der Waals surface area contributed by atoms with Gasteiger partial charge in [0.05, 0.1) is 0 Å². The zero-order valence-corrected chi connectivity index (χ0v) is 13.5. The van der Waals surface area contributed by atoms with Crippen LogP contribution in [0.2, 0.25) is 0 Å². The van der Waals surface area contributed by atoms with E-state index in [0.717, 1.165) is 17.8 Å². The zero-order valence-electron chi connectivity index (χ0n) is 12.7. The Kier molecular flexibility index (Phi) is 5.30. The number of carboxylic acid groups (broad SMARTS) is 1. The van der Waals surface area contributed by atoms with Gasteiger partial charge < -0.3 is 9.67 Å². The molecule has 2 N–H and O–H groups in total. The fourth-order valence-electron chi connectivity index (χ4n) is 1.88. The zero-order chi connectivity index (χ0) is 17.2. The fourth-order valence-corrected chi connectivity index (χ4v) is 3.24. The number of aliphatic carboxylic acids is 1. The molecule has 1 aromatic heterocycles. The van der Waals surface area contributed by atoms with Crippen molar-refractivity contribution in [2.75, 3.05) is 0 Å². The lowest BCUT2D eigenvalue weighted by atomic mass is 10.1. The number of nitrogens with zero attached hydrogens (tertiary/aromatic N) is 2. The molecule has 1 heterocycles. The number of aryl methyl sites for hydroxylation is 1. The quantitative estimate of drug-likeness (QED) is 0.677. The summed E-state index contributed by atoms with van der Waals surface area (Å²) in [4.78, 5) is 34.0. The molecule has 0 aromatic carbocycles. The summed E-state index contributed by atoms with van der Waals surface area (Å²) >= 11 is 0. The van der Waals surface area contributed by atoms with Crippen molar-refractivity contribution >= 4 is 16.0 Å². The van der Waals surface area contributed by atoms with Crippen molar-refractivity contribution in [3.63, 3.8) is 0 Å². The summed E-state index contributed by atoms with van der Waals surface area (Å²) < 4.78 is 28.1. The lowest BCUT2D eigenvalue weighted by molar-refractivity contribution is -0.139. The van der Waals surface area contributed by atoms with Gasteiger partial charge in [0, 0.05) is 20.3 Å². The van der Waals surface area contributed by atoms with Gasteiger partial charge in [0.2, 0.25) is 10.0 Å². The monoisotopic (exact) mass is 333 g/mol. The number of nitrogens with one attached hydrogen (secondary N) is 1. The summed E-state index contributed by atoms with van der Waals surface area (Å²) in [7, 11) is -1.93. The minimum absolute atomic E-state index is 0.0632. The van der Waals surface area contributed by atoms with Crippen LogP contribution in [0, 0.1) is 5.92 Å². The molecule has 0 saturated carbocycles. The highest BCUT2D eigenvalue weighted by Gasteiger charge is 2.29. The first kappa shape index (κ1) is 18.1. The first-order valence-electron chi connectivity index (χ1n) is 6.49. The molecule has 9 nitrogen and oxygen atoms in total. The SMILES string of the molecule is CC(C)C[C@H](NS(=O)(=O)c1cn(C)c(=O)n(C)c1=O)C(=O)O. The maximum atomic E-state index is 12.3. The maximum absolute atomic E-state index is 12.3. The van der Waals surface area contributed by atoms with E-state index in [4.69, 9.17) is 5.11 Å². The Balaban J connectivity index is 3.34. The van der Waals surface area contributed by atoms with E-state index in [1.807, 2.05) is 4.72 Å². The molecule has 0 aliphatic heterocycles. The second-order valence-electron chi connectivity index (χ2n) is 5.39. The molecule has 10 heteroatoms. The fraction of sp³-hybridized carbons (Fsp3) is 0.583. The van der Waals surface area contributed by atoms with Gasteiger partial charge in [-0.1, -0.05) is 13.8 Å². The second-order valence-corrected chi connectivity index (χ2v) is 7.08. The van der Waals surface area contributed by atoms with Crippen LogP contribution in [0.5, 0.6) is 0 Å². The van der Waals surface area contributed by atoms with Crippen molar-refractivity contribution in [3.8, 4) is 0 Å². The van der Waals surface area contributed by atoms with Crippen LogP contribution in [0.25, 0.3) is 0 Å². The number of carboxylic acids is 1. The Labute approximate surface area is 127 Å². The Hall–Kier alpha value is -1.94. The number of aromatic nitrogens is 2. The normalized spacial score (nSPS) is 13.3. The van der Waals surface area contributed by atoms with E-state index in [1.165, 1.54) is 7.05 Å². The van der Waals surface area contributed by atoms with Gasteiger partial charge in [-0.05, 0) is 12.3 Å². The lowest BCUT2D eigenvalue weighted by Crippen LogP contribution is -2.46. The van der Waals surface area contributed by atoms with Crippen molar-refractivity contribution < 1.29 is 18.3 Å². The van der Waals surface area contributed by atoms with Crippen molar-refractivity contribution in [3.05, 3.63) is 27.0 Å². The van der Waals surface area contributed by atoms with Gasteiger partial charge in [-0.3, -0.25) is 14.2 Å². The van der Waals surface area contributed by atoms with Gasteiger partial charge in [0.25, 0.3) is 5.56 Å². The molecule has 0 saturated heterocycles. The molecule has 0 unspecified atom stereocenters. The predicted octanol–water partition coefficient (Wildman–Crippen LogP) is -1.14. The molecule has 0 amide bonds. The first-order valence-corrected chi connectivity index (χ1v) is 7.97. The highest BCUT2D eigenvalue weighted by molar-refractivity contribution is 7.89. The topological polar surface area (TPSA) is 127 Å². The van der Waals surface area contributed by atoms with Gasteiger partial charge >= 0.3 is 11.7 Å². The highest BCUT2D eigenvalue weighted by Crippen LogP contribution is 2.09. The molecule has 0 aliphatic rings. The minimum atomic E-state index is -4.37. The molecule has 1 atom stereocenters. The highest BCUT2D eigenvalue weighted by atomic mass is 32.2. The largest absolute Gasteiger partial charge is 0.480 e. The number of sulfonamides is 1. The van der Waals surface area contributed by atoms with Crippen LogP contribution in [0.15, 0.2) is 20.7 Å².